The maximum Gasteiger partial charge on any atom is 0.221 e. The summed E-state index contributed by atoms with van der Waals surface area (Å²) in [6.45, 7) is 7.41. The van der Waals surface area contributed by atoms with Crippen molar-refractivity contribution < 1.29 is 4.79 Å². The van der Waals surface area contributed by atoms with Crippen LogP contribution < -0.4 is 16.0 Å². The Morgan fingerprint density at radius 1 is 1.04 bits per heavy atom. The second-order valence-electron chi connectivity index (χ2n) is 7.70. The van der Waals surface area contributed by atoms with Crippen LogP contribution in [0.15, 0.2) is 4.99 Å². The summed E-state index contributed by atoms with van der Waals surface area (Å²) in [6.07, 6.45) is 8.86. The van der Waals surface area contributed by atoms with Crippen LogP contribution in [0.3, 0.4) is 0 Å². The molecule has 0 bridgehead atoms. The van der Waals surface area contributed by atoms with Crippen molar-refractivity contribution in [2.24, 2.45) is 4.99 Å². The van der Waals surface area contributed by atoms with Crippen LogP contribution in [-0.4, -0.2) is 61.6 Å². The molecule has 1 saturated carbocycles. The van der Waals surface area contributed by atoms with Crippen molar-refractivity contribution in [3.63, 3.8) is 0 Å². The maximum atomic E-state index is 12.1. The summed E-state index contributed by atoms with van der Waals surface area (Å²) in [5.74, 6) is 0.966. The molecule has 3 N–H and O–H groups in total. The quantitative estimate of drug-likeness (QED) is 0.505. The van der Waals surface area contributed by atoms with E-state index in [0.717, 1.165) is 44.7 Å². The average Bonchev–Trinajstić information content (AvgIpc) is 2.62. The number of amides is 1. The fraction of sp³-hybridized carbons (Fsp3) is 0.895. The first kappa shape index (κ1) is 20.0. The van der Waals surface area contributed by atoms with Crippen LogP contribution in [0.25, 0.3) is 0 Å². The molecule has 1 heterocycles. The van der Waals surface area contributed by atoms with E-state index in [-0.39, 0.29) is 5.91 Å². The van der Waals surface area contributed by atoms with Gasteiger partial charge in [0.25, 0.3) is 0 Å². The molecule has 0 spiro atoms. The topological polar surface area (TPSA) is 68.8 Å². The minimum atomic E-state index is 0.153. The molecule has 0 atom stereocenters. The van der Waals surface area contributed by atoms with Crippen molar-refractivity contribution in [1.29, 1.82) is 0 Å². The van der Waals surface area contributed by atoms with E-state index in [1.807, 2.05) is 0 Å². The Kier molecular flexibility index (Phi) is 8.52. The molecule has 0 aromatic heterocycles. The zero-order chi connectivity index (χ0) is 18.1. The molecule has 25 heavy (non-hydrogen) atoms. The first-order valence-corrected chi connectivity index (χ1v) is 10.1. The minimum Gasteiger partial charge on any atom is -0.356 e. The number of rotatable bonds is 6. The Balaban J connectivity index is 1.61. The van der Waals surface area contributed by atoms with Gasteiger partial charge in [0.15, 0.2) is 5.96 Å². The van der Waals surface area contributed by atoms with Crippen LogP contribution in [0.2, 0.25) is 0 Å². The lowest BCUT2D eigenvalue weighted by Crippen LogP contribution is -2.50. The largest absolute Gasteiger partial charge is 0.356 e. The zero-order valence-corrected chi connectivity index (χ0v) is 16.3. The van der Waals surface area contributed by atoms with Gasteiger partial charge in [-0.1, -0.05) is 19.3 Å². The molecule has 1 aliphatic carbocycles. The molecule has 6 nitrogen and oxygen atoms in total. The van der Waals surface area contributed by atoms with Crippen LogP contribution in [0.4, 0.5) is 0 Å². The number of aliphatic imine (C=N–C) groups is 1. The normalized spacial score (nSPS) is 21.4. The van der Waals surface area contributed by atoms with Crippen molar-refractivity contribution in [2.75, 3.05) is 26.7 Å². The Bertz CT molecular complexity index is 424. The molecule has 0 unspecified atom stereocenters. The van der Waals surface area contributed by atoms with Gasteiger partial charge in [-0.05, 0) is 39.5 Å². The van der Waals surface area contributed by atoms with Gasteiger partial charge in [-0.3, -0.25) is 9.79 Å². The van der Waals surface area contributed by atoms with E-state index in [9.17, 15) is 4.79 Å². The zero-order valence-electron chi connectivity index (χ0n) is 16.3. The number of carbonyl (C=O) groups is 1. The molecule has 1 aliphatic heterocycles. The number of likely N-dealkylation sites (tertiary alicyclic amines) is 1. The highest BCUT2D eigenvalue weighted by Crippen LogP contribution is 2.17. The highest BCUT2D eigenvalue weighted by atomic mass is 16.1. The van der Waals surface area contributed by atoms with Gasteiger partial charge < -0.3 is 20.9 Å². The molecule has 0 aromatic rings. The number of piperidine rings is 1. The molecule has 2 aliphatic rings. The van der Waals surface area contributed by atoms with E-state index in [2.05, 4.69) is 39.7 Å². The van der Waals surface area contributed by atoms with Crippen LogP contribution in [0.1, 0.15) is 65.2 Å². The Hall–Kier alpha value is -1.30. The summed E-state index contributed by atoms with van der Waals surface area (Å²) < 4.78 is 0. The number of hydrogen-bond acceptors (Lipinski definition) is 3. The van der Waals surface area contributed by atoms with Crippen LogP contribution in [-0.2, 0) is 4.79 Å². The van der Waals surface area contributed by atoms with Gasteiger partial charge in [0.1, 0.15) is 0 Å². The van der Waals surface area contributed by atoms with Gasteiger partial charge in [-0.25, -0.2) is 0 Å². The lowest BCUT2D eigenvalue weighted by Gasteiger charge is -2.35. The van der Waals surface area contributed by atoms with Crippen molar-refractivity contribution in [3.05, 3.63) is 0 Å². The summed E-state index contributed by atoms with van der Waals surface area (Å²) in [7, 11) is 1.79. The van der Waals surface area contributed by atoms with E-state index >= 15 is 0 Å². The van der Waals surface area contributed by atoms with Crippen molar-refractivity contribution in [1.82, 2.24) is 20.9 Å². The molecule has 0 aromatic carbocycles. The van der Waals surface area contributed by atoms with E-state index < -0.39 is 0 Å². The molecular weight excluding hydrogens is 314 g/mol. The second-order valence-corrected chi connectivity index (χ2v) is 7.70. The summed E-state index contributed by atoms with van der Waals surface area (Å²) in [4.78, 5) is 18.9. The van der Waals surface area contributed by atoms with Crippen molar-refractivity contribution in [2.45, 2.75) is 83.3 Å². The maximum absolute atomic E-state index is 12.1. The van der Waals surface area contributed by atoms with E-state index in [1.165, 1.54) is 19.3 Å². The monoisotopic (exact) mass is 351 g/mol. The van der Waals surface area contributed by atoms with Crippen molar-refractivity contribution >= 4 is 11.9 Å². The minimum absolute atomic E-state index is 0.153. The lowest BCUT2D eigenvalue weighted by molar-refractivity contribution is -0.121. The average molecular weight is 352 g/mol. The van der Waals surface area contributed by atoms with Crippen LogP contribution in [0, 0.1) is 0 Å². The first-order valence-electron chi connectivity index (χ1n) is 10.1. The predicted octanol–water partition coefficient (Wildman–Crippen LogP) is 1.86. The summed E-state index contributed by atoms with van der Waals surface area (Å²) in [5, 5.41) is 9.95. The molecule has 144 valence electrons. The Morgan fingerprint density at radius 3 is 2.28 bits per heavy atom. The SMILES string of the molecule is CN=C(NCCC(=O)NC1CCCCC1)NC1CCN(C(C)C)CC1. The number of guanidine groups is 1. The third-order valence-electron chi connectivity index (χ3n) is 5.44. The van der Waals surface area contributed by atoms with Gasteiger partial charge in [0.05, 0.1) is 0 Å². The summed E-state index contributed by atoms with van der Waals surface area (Å²) in [6, 6.07) is 1.49. The first-order chi connectivity index (χ1) is 12.1. The lowest BCUT2D eigenvalue weighted by atomic mass is 9.95. The molecule has 2 rings (SSSR count). The predicted molar refractivity (Wildman–Crippen MR) is 104 cm³/mol. The fourth-order valence-electron chi connectivity index (χ4n) is 3.79. The Labute approximate surface area is 153 Å². The van der Waals surface area contributed by atoms with E-state index in [0.29, 0.717) is 31.1 Å². The highest BCUT2D eigenvalue weighted by Gasteiger charge is 2.21. The van der Waals surface area contributed by atoms with Crippen LogP contribution in [0.5, 0.6) is 0 Å². The number of carbonyl (C=O) groups excluding carboxylic acids is 1. The molecule has 1 amide bonds. The fourth-order valence-corrected chi connectivity index (χ4v) is 3.79. The third-order valence-corrected chi connectivity index (χ3v) is 5.44. The van der Waals surface area contributed by atoms with Crippen LogP contribution >= 0.6 is 0 Å². The molecule has 2 fully saturated rings. The molecular formula is C19H37N5O. The van der Waals surface area contributed by atoms with Gasteiger partial charge in [-0.2, -0.15) is 0 Å². The molecule has 6 heteroatoms. The summed E-state index contributed by atoms with van der Waals surface area (Å²) >= 11 is 0. The highest BCUT2D eigenvalue weighted by molar-refractivity contribution is 5.81. The van der Waals surface area contributed by atoms with Gasteiger partial charge in [0.2, 0.25) is 5.91 Å². The smallest absolute Gasteiger partial charge is 0.221 e. The summed E-state index contributed by atoms with van der Waals surface area (Å²) in [5.41, 5.74) is 0. The molecule has 1 saturated heterocycles. The van der Waals surface area contributed by atoms with Gasteiger partial charge in [-0.15, -0.1) is 0 Å². The van der Waals surface area contributed by atoms with Gasteiger partial charge in [0, 0.05) is 51.2 Å². The second kappa shape index (κ2) is 10.6. The number of nitrogens with one attached hydrogen (secondary N) is 3. The number of nitrogens with zero attached hydrogens (tertiary/aromatic N) is 2. The standard InChI is InChI=1S/C19H37N5O/c1-15(2)24-13-10-17(11-14-24)23-19(20-3)21-12-9-18(25)22-16-7-5-4-6-8-16/h15-17H,4-14H2,1-3H3,(H,22,25)(H2,20,21,23). The Morgan fingerprint density at radius 2 is 1.68 bits per heavy atom. The van der Waals surface area contributed by atoms with E-state index in [1.54, 1.807) is 7.05 Å². The number of hydrogen-bond donors (Lipinski definition) is 3. The van der Waals surface area contributed by atoms with Gasteiger partial charge >= 0.3 is 0 Å². The van der Waals surface area contributed by atoms with Crippen molar-refractivity contribution in [3.8, 4) is 0 Å². The molecule has 0 radical (unpaired) electrons. The van der Waals surface area contributed by atoms with E-state index in [4.69, 9.17) is 0 Å². The third kappa shape index (κ3) is 7.22.